The number of carbonyl (C=O) groups excluding carboxylic acids is 1. The van der Waals surface area contributed by atoms with E-state index in [0.717, 1.165) is 15.6 Å². The lowest BCUT2D eigenvalue weighted by Gasteiger charge is -2.04. The van der Waals surface area contributed by atoms with E-state index in [1.54, 1.807) is 36.4 Å². The highest BCUT2D eigenvalue weighted by Gasteiger charge is 2.20. The highest BCUT2D eigenvalue weighted by atomic mass is 32.2. The Balaban J connectivity index is 1.85. The Morgan fingerprint density at radius 3 is 2.72 bits per heavy atom. The van der Waals surface area contributed by atoms with Crippen molar-refractivity contribution in [1.29, 1.82) is 0 Å². The van der Waals surface area contributed by atoms with Crippen molar-refractivity contribution in [1.82, 2.24) is 4.98 Å². The van der Waals surface area contributed by atoms with Crippen LogP contribution in [0.4, 0.5) is 0 Å². The molecule has 0 aliphatic rings. The van der Waals surface area contributed by atoms with Gasteiger partial charge in [0.25, 0.3) is 0 Å². The molecule has 0 bridgehead atoms. The second-order valence-corrected chi connectivity index (χ2v) is 9.68. The summed E-state index contributed by atoms with van der Waals surface area (Å²) in [6.45, 7) is 1.91. The number of sulfone groups is 1. The lowest BCUT2D eigenvalue weighted by Crippen LogP contribution is -2.05. The number of carbonyl (C=O) groups is 1. The lowest BCUT2D eigenvalue weighted by atomic mass is 10.1. The van der Waals surface area contributed by atoms with Gasteiger partial charge in [0.15, 0.2) is 9.84 Å². The zero-order chi connectivity index (χ0) is 18.0. The molecule has 0 aliphatic heterocycles. The maximum atomic E-state index is 12.7. The van der Waals surface area contributed by atoms with E-state index in [1.807, 2.05) is 12.3 Å². The molecule has 3 aromatic rings. The molecule has 0 radical (unpaired) electrons. The van der Waals surface area contributed by atoms with Gasteiger partial charge in [-0.3, -0.25) is 0 Å². The average molecular weight is 394 g/mol. The summed E-state index contributed by atoms with van der Waals surface area (Å²) in [6, 6.07) is 9.85. The van der Waals surface area contributed by atoms with Crippen LogP contribution in [-0.2, 0) is 20.3 Å². The first kappa shape index (κ1) is 17.8. The Morgan fingerprint density at radius 2 is 2.04 bits per heavy atom. The van der Waals surface area contributed by atoms with Gasteiger partial charge in [-0.25, -0.2) is 18.2 Å². The minimum atomic E-state index is -3.50. The summed E-state index contributed by atoms with van der Waals surface area (Å²) in [7, 11) is -2.21. The predicted octanol–water partition coefficient (Wildman–Crippen LogP) is 3.94. The van der Waals surface area contributed by atoms with E-state index < -0.39 is 15.8 Å². The third-order valence-electron chi connectivity index (χ3n) is 3.46. The van der Waals surface area contributed by atoms with Gasteiger partial charge in [0.1, 0.15) is 4.21 Å². The minimum absolute atomic E-state index is 0.173. The molecule has 0 saturated carbocycles. The van der Waals surface area contributed by atoms with Crippen LogP contribution in [0.3, 0.4) is 0 Å². The summed E-state index contributed by atoms with van der Waals surface area (Å²) in [6.07, 6.45) is 0. The summed E-state index contributed by atoms with van der Waals surface area (Å²) >= 11 is 2.73. The highest BCUT2D eigenvalue weighted by Crippen LogP contribution is 2.32. The molecule has 0 N–H and O–H groups in total. The van der Waals surface area contributed by atoms with Crippen molar-refractivity contribution in [2.45, 2.75) is 16.9 Å². The van der Waals surface area contributed by atoms with E-state index in [9.17, 15) is 13.2 Å². The summed E-state index contributed by atoms with van der Waals surface area (Å²) in [5.74, 6) is -0.662. The molecular formula is C17H15NO4S3. The van der Waals surface area contributed by atoms with Crippen molar-refractivity contribution in [2.75, 3.05) is 7.11 Å². The zero-order valence-electron chi connectivity index (χ0n) is 13.6. The quantitative estimate of drug-likeness (QED) is 0.614. The van der Waals surface area contributed by atoms with Gasteiger partial charge in [-0.1, -0.05) is 12.1 Å². The molecule has 0 unspecified atom stereocenters. The largest absolute Gasteiger partial charge is 0.465 e. The van der Waals surface area contributed by atoms with Crippen LogP contribution in [0.1, 0.15) is 20.9 Å². The molecule has 25 heavy (non-hydrogen) atoms. The summed E-state index contributed by atoms with van der Waals surface area (Å²) < 4.78 is 30.3. The number of benzene rings is 1. The number of thiophene rings is 1. The third-order valence-corrected chi connectivity index (χ3v) is 7.61. The zero-order valence-corrected chi connectivity index (χ0v) is 16.0. The Hall–Kier alpha value is -2.03. The number of nitrogens with zero attached hydrogens (tertiary/aromatic N) is 1. The molecule has 0 atom stereocenters. The molecule has 0 aliphatic carbocycles. The molecule has 5 nitrogen and oxygen atoms in total. The monoisotopic (exact) mass is 393 g/mol. The number of thiazole rings is 1. The molecule has 2 heterocycles. The Morgan fingerprint density at radius 1 is 1.24 bits per heavy atom. The lowest BCUT2D eigenvalue weighted by molar-refractivity contribution is 0.0600. The highest BCUT2D eigenvalue weighted by molar-refractivity contribution is 7.92. The molecule has 130 valence electrons. The number of hydrogen-bond donors (Lipinski definition) is 0. The molecule has 0 spiro atoms. The standard InChI is InChI=1S/C17H15NO4S3/c1-11-18-14(9-23-11)15-6-7-16(24-15)25(20,21)10-12-4-3-5-13(8-12)17(19)22-2/h3-9H,10H2,1-2H3. The van der Waals surface area contributed by atoms with Gasteiger partial charge >= 0.3 is 5.97 Å². The van der Waals surface area contributed by atoms with Crippen molar-refractivity contribution in [3.8, 4) is 10.6 Å². The van der Waals surface area contributed by atoms with E-state index in [1.165, 1.54) is 29.8 Å². The normalized spacial score (nSPS) is 11.4. The number of rotatable bonds is 5. The molecule has 1 aromatic carbocycles. The van der Waals surface area contributed by atoms with Crippen molar-refractivity contribution in [3.63, 3.8) is 0 Å². The maximum absolute atomic E-state index is 12.7. The van der Waals surface area contributed by atoms with Crippen LogP contribution in [0, 0.1) is 6.92 Å². The van der Waals surface area contributed by atoms with Gasteiger partial charge in [0.2, 0.25) is 0 Å². The molecule has 3 rings (SSSR count). The van der Waals surface area contributed by atoms with Crippen LogP contribution < -0.4 is 0 Å². The van der Waals surface area contributed by atoms with Crippen molar-refractivity contribution < 1.29 is 17.9 Å². The topological polar surface area (TPSA) is 73.3 Å². The third kappa shape index (κ3) is 3.97. The van der Waals surface area contributed by atoms with Crippen molar-refractivity contribution in [3.05, 3.63) is 57.9 Å². The smallest absolute Gasteiger partial charge is 0.337 e. The Labute approximate surface area is 153 Å². The van der Waals surface area contributed by atoms with Gasteiger partial charge in [0, 0.05) is 5.38 Å². The van der Waals surface area contributed by atoms with Crippen LogP contribution in [-0.4, -0.2) is 26.5 Å². The van der Waals surface area contributed by atoms with E-state index in [0.29, 0.717) is 11.1 Å². The second-order valence-electron chi connectivity index (χ2n) is 5.32. The predicted molar refractivity (Wildman–Crippen MR) is 98.8 cm³/mol. The van der Waals surface area contributed by atoms with E-state index in [-0.39, 0.29) is 9.96 Å². The van der Waals surface area contributed by atoms with Gasteiger partial charge in [-0.05, 0) is 36.8 Å². The Kier molecular flexibility index (Phi) is 5.03. The summed E-state index contributed by atoms with van der Waals surface area (Å²) in [4.78, 5) is 16.8. The second kappa shape index (κ2) is 7.07. The molecule has 8 heteroatoms. The number of aryl methyl sites for hydroxylation is 1. The van der Waals surface area contributed by atoms with Crippen LogP contribution in [0.5, 0.6) is 0 Å². The molecule has 0 amide bonds. The number of methoxy groups -OCH3 is 1. The van der Waals surface area contributed by atoms with Gasteiger partial charge in [0.05, 0.1) is 34.0 Å². The fourth-order valence-electron chi connectivity index (χ4n) is 2.30. The molecule has 2 aromatic heterocycles. The number of aromatic nitrogens is 1. The minimum Gasteiger partial charge on any atom is -0.465 e. The fraction of sp³-hybridized carbons (Fsp3) is 0.176. The Bertz CT molecular complexity index is 1020. The number of esters is 1. The van der Waals surface area contributed by atoms with Gasteiger partial charge in [-0.15, -0.1) is 22.7 Å². The first-order chi connectivity index (χ1) is 11.9. The van der Waals surface area contributed by atoms with Crippen LogP contribution in [0.15, 0.2) is 46.0 Å². The van der Waals surface area contributed by atoms with E-state index >= 15 is 0 Å². The first-order valence-corrected chi connectivity index (χ1v) is 10.7. The molecular weight excluding hydrogens is 378 g/mol. The first-order valence-electron chi connectivity index (χ1n) is 7.31. The van der Waals surface area contributed by atoms with Crippen molar-refractivity contribution in [2.24, 2.45) is 0 Å². The average Bonchev–Trinajstić information content (AvgIpc) is 3.23. The van der Waals surface area contributed by atoms with Gasteiger partial charge < -0.3 is 4.74 Å². The van der Waals surface area contributed by atoms with Gasteiger partial charge in [-0.2, -0.15) is 0 Å². The summed E-state index contributed by atoms with van der Waals surface area (Å²) in [5.41, 5.74) is 1.67. The van der Waals surface area contributed by atoms with E-state index in [4.69, 9.17) is 0 Å². The van der Waals surface area contributed by atoms with Crippen LogP contribution in [0.2, 0.25) is 0 Å². The van der Waals surface area contributed by atoms with Crippen LogP contribution >= 0.6 is 22.7 Å². The van der Waals surface area contributed by atoms with Crippen LogP contribution in [0.25, 0.3) is 10.6 Å². The van der Waals surface area contributed by atoms with Crippen molar-refractivity contribution >= 4 is 38.5 Å². The SMILES string of the molecule is COC(=O)c1cccc(CS(=O)(=O)c2ccc(-c3csc(C)n3)s2)c1. The molecule has 0 saturated heterocycles. The molecule has 0 fully saturated rings. The fourth-order valence-corrected chi connectivity index (χ4v) is 5.67. The summed E-state index contributed by atoms with van der Waals surface area (Å²) in [5, 5.41) is 2.85. The van der Waals surface area contributed by atoms with E-state index in [2.05, 4.69) is 9.72 Å². The number of hydrogen-bond acceptors (Lipinski definition) is 7. The maximum Gasteiger partial charge on any atom is 0.337 e. The number of ether oxygens (including phenoxy) is 1.